The maximum atomic E-state index is 14.2. The Bertz CT molecular complexity index is 1630. The zero-order chi connectivity index (χ0) is 27.4. The SMILES string of the molecule is O=C(O)OC1=C(CSc2cnn[nH]2)CS[C@H]2C(NC(=O)c3cn(C4CC4)c4cc(Cl)c(F)cc4c3=O)C(=O)N12. The molecule has 2 amide bonds. The summed E-state index contributed by atoms with van der Waals surface area (Å²) in [5.74, 6) is -1.60. The van der Waals surface area contributed by atoms with E-state index in [0.717, 1.165) is 18.9 Å². The Morgan fingerprint density at radius 1 is 1.33 bits per heavy atom. The van der Waals surface area contributed by atoms with Crippen molar-refractivity contribution in [3.63, 3.8) is 0 Å². The van der Waals surface area contributed by atoms with Gasteiger partial charge < -0.3 is 19.7 Å². The van der Waals surface area contributed by atoms with Gasteiger partial charge in [0.15, 0.2) is 0 Å². The minimum Gasteiger partial charge on any atom is -0.449 e. The van der Waals surface area contributed by atoms with Crippen LogP contribution in [0.2, 0.25) is 5.02 Å². The van der Waals surface area contributed by atoms with Gasteiger partial charge in [0.05, 0.1) is 16.7 Å². The second-order valence-corrected chi connectivity index (χ2v) is 11.6. The Morgan fingerprint density at radius 2 is 2.13 bits per heavy atom. The number of hydrogen-bond acceptors (Lipinski definition) is 9. The first kappa shape index (κ1) is 25.7. The van der Waals surface area contributed by atoms with Crippen molar-refractivity contribution < 1.29 is 28.6 Å². The summed E-state index contributed by atoms with van der Waals surface area (Å²) in [5, 5.41) is 21.8. The van der Waals surface area contributed by atoms with E-state index >= 15 is 0 Å². The predicted molar refractivity (Wildman–Crippen MR) is 139 cm³/mol. The van der Waals surface area contributed by atoms with Gasteiger partial charge in [-0.3, -0.25) is 24.4 Å². The molecule has 12 nitrogen and oxygen atoms in total. The fourth-order valence-corrected chi connectivity index (χ4v) is 6.90. The third-order valence-electron chi connectivity index (χ3n) is 6.52. The fraction of sp³-hybridized carbons (Fsp3) is 0.304. The molecule has 0 spiro atoms. The molecule has 1 aromatic carbocycles. The van der Waals surface area contributed by atoms with E-state index in [1.807, 2.05) is 0 Å². The number of rotatable bonds is 7. The molecule has 1 saturated carbocycles. The first-order valence-electron chi connectivity index (χ1n) is 11.6. The minimum atomic E-state index is -1.58. The number of pyridine rings is 1. The molecule has 4 heterocycles. The fourth-order valence-electron chi connectivity index (χ4n) is 4.51. The average molecular weight is 593 g/mol. The number of halogens is 2. The van der Waals surface area contributed by atoms with Crippen molar-refractivity contribution in [1.29, 1.82) is 0 Å². The van der Waals surface area contributed by atoms with Crippen molar-refractivity contribution in [2.75, 3.05) is 11.5 Å². The Kier molecular flexibility index (Phi) is 6.51. The van der Waals surface area contributed by atoms with Crippen LogP contribution >= 0.6 is 35.1 Å². The van der Waals surface area contributed by atoms with Crippen LogP contribution in [0.15, 0.2) is 45.8 Å². The molecule has 1 unspecified atom stereocenters. The van der Waals surface area contributed by atoms with Crippen LogP contribution in [0.25, 0.3) is 10.9 Å². The summed E-state index contributed by atoms with van der Waals surface area (Å²) in [6.07, 6.45) is 3.01. The van der Waals surface area contributed by atoms with E-state index in [-0.39, 0.29) is 27.9 Å². The highest BCUT2D eigenvalue weighted by atomic mass is 35.5. The van der Waals surface area contributed by atoms with Gasteiger partial charge in [-0.1, -0.05) is 16.8 Å². The Hall–Kier alpha value is -3.56. The van der Waals surface area contributed by atoms with Gasteiger partial charge in [0, 0.05) is 34.7 Å². The van der Waals surface area contributed by atoms with E-state index in [4.69, 9.17) is 16.3 Å². The molecule has 6 rings (SSSR count). The van der Waals surface area contributed by atoms with Crippen LogP contribution in [0.4, 0.5) is 9.18 Å². The van der Waals surface area contributed by atoms with Gasteiger partial charge in [-0.05, 0) is 25.0 Å². The summed E-state index contributed by atoms with van der Waals surface area (Å²) in [4.78, 5) is 52.1. The first-order chi connectivity index (χ1) is 18.7. The number of amides is 2. The van der Waals surface area contributed by atoms with E-state index in [2.05, 4.69) is 20.7 Å². The lowest BCUT2D eigenvalue weighted by Gasteiger charge is -2.49. The summed E-state index contributed by atoms with van der Waals surface area (Å²) in [6, 6.07) is 1.41. The summed E-state index contributed by atoms with van der Waals surface area (Å²) < 4.78 is 20.9. The van der Waals surface area contributed by atoms with Crippen LogP contribution in [-0.2, 0) is 9.53 Å². The number of fused-ring (bicyclic) bond motifs is 2. The lowest BCUT2D eigenvalue weighted by atomic mass is 10.0. The molecule has 0 bridgehead atoms. The van der Waals surface area contributed by atoms with E-state index in [0.29, 0.717) is 27.6 Å². The van der Waals surface area contributed by atoms with Crippen molar-refractivity contribution in [2.45, 2.75) is 35.3 Å². The number of benzene rings is 1. The van der Waals surface area contributed by atoms with Crippen LogP contribution in [0.1, 0.15) is 29.2 Å². The van der Waals surface area contributed by atoms with Crippen LogP contribution < -0.4 is 10.7 Å². The number of β-lactam (4-membered cyclic amide) rings is 1. The van der Waals surface area contributed by atoms with Crippen molar-refractivity contribution in [1.82, 2.24) is 30.2 Å². The minimum absolute atomic E-state index is 0.0136. The number of thioether (sulfide) groups is 2. The lowest BCUT2D eigenvalue weighted by molar-refractivity contribution is -0.145. The topological polar surface area (TPSA) is 160 Å². The molecule has 0 radical (unpaired) electrons. The standard InChI is InChI=1S/C23H18ClFN6O6S2/c24-13-4-15-11(3-14(13)25)18(32)12(6-30(15)10-1-2-10)19(33)27-17-20(34)31-21(37-23(35)36)9(8-39-22(17)31)7-38-16-5-26-29-28-16/h3-6,10,17,22H,1-2,7-8H2,(H,27,33)(H,35,36)(H,26,28,29)/t17?,22-/m0/s1. The number of H-pyrrole nitrogens is 1. The number of carbonyl (C=O) groups excluding carboxylic acids is 2. The van der Waals surface area contributed by atoms with Crippen LogP contribution in [0.5, 0.6) is 0 Å². The zero-order valence-corrected chi connectivity index (χ0v) is 22.1. The van der Waals surface area contributed by atoms with Crippen molar-refractivity contribution in [2.24, 2.45) is 0 Å². The number of aromatic nitrogens is 4. The molecular weight excluding hydrogens is 575 g/mol. The maximum Gasteiger partial charge on any atom is 0.512 e. The molecule has 3 aliphatic rings. The van der Waals surface area contributed by atoms with Gasteiger partial charge in [0.1, 0.15) is 27.8 Å². The third-order valence-corrected chi connectivity index (χ3v) is 9.15. The van der Waals surface area contributed by atoms with Gasteiger partial charge in [-0.25, -0.2) is 9.18 Å². The number of nitrogens with one attached hydrogen (secondary N) is 2. The van der Waals surface area contributed by atoms with Crippen molar-refractivity contribution >= 4 is 64.0 Å². The first-order valence-corrected chi connectivity index (χ1v) is 14.0. The van der Waals surface area contributed by atoms with Crippen molar-refractivity contribution in [3.05, 3.63) is 62.6 Å². The number of carboxylic acid groups (broad SMARTS) is 1. The molecule has 202 valence electrons. The normalized spacial score (nSPS) is 20.6. The van der Waals surface area contributed by atoms with Gasteiger partial charge >= 0.3 is 6.16 Å². The van der Waals surface area contributed by atoms with Crippen LogP contribution in [0.3, 0.4) is 0 Å². The molecule has 2 atom stereocenters. The Morgan fingerprint density at radius 3 is 2.82 bits per heavy atom. The second-order valence-electron chi connectivity index (χ2n) is 9.04. The quantitative estimate of drug-likeness (QED) is 0.211. The van der Waals surface area contributed by atoms with E-state index in [1.54, 1.807) is 4.57 Å². The smallest absolute Gasteiger partial charge is 0.449 e. The summed E-state index contributed by atoms with van der Waals surface area (Å²) in [6.45, 7) is 0. The number of ether oxygens (including phenoxy) is 1. The molecule has 2 aromatic heterocycles. The van der Waals surface area contributed by atoms with Crippen LogP contribution in [0, 0.1) is 5.82 Å². The van der Waals surface area contributed by atoms with Crippen LogP contribution in [-0.4, -0.2) is 70.9 Å². The molecule has 39 heavy (non-hydrogen) atoms. The Labute approximate surface area is 231 Å². The van der Waals surface area contributed by atoms with E-state index < -0.39 is 40.6 Å². The third kappa shape index (κ3) is 4.63. The van der Waals surface area contributed by atoms with Gasteiger partial charge in [0.25, 0.3) is 11.8 Å². The molecule has 3 aromatic rings. The number of nitrogens with zero attached hydrogens (tertiary/aromatic N) is 4. The molecule has 2 aliphatic heterocycles. The monoisotopic (exact) mass is 592 g/mol. The van der Waals surface area contributed by atoms with E-state index in [1.165, 1.54) is 46.9 Å². The molecular formula is C23H18ClFN6O6S2. The van der Waals surface area contributed by atoms with Crippen molar-refractivity contribution in [3.8, 4) is 0 Å². The second kappa shape index (κ2) is 9.88. The highest BCUT2D eigenvalue weighted by molar-refractivity contribution is 8.01. The average Bonchev–Trinajstić information content (AvgIpc) is 3.61. The summed E-state index contributed by atoms with van der Waals surface area (Å²) in [5.41, 5.74) is 0.0817. The van der Waals surface area contributed by atoms with Gasteiger partial charge in [-0.15, -0.1) is 28.6 Å². The number of aromatic amines is 1. The molecule has 16 heteroatoms. The largest absolute Gasteiger partial charge is 0.512 e. The van der Waals surface area contributed by atoms with Gasteiger partial charge in [-0.2, -0.15) is 0 Å². The summed E-state index contributed by atoms with van der Waals surface area (Å²) in [7, 11) is 0. The summed E-state index contributed by atoms with van der Waals surface area (Å²) >= 11 is 8.58. The maximum absolute atomic E-state index is 14.2. The Balaban J connectivity index is 1.26. The zero-order valence-electron chi connectivity index (χ0n) is 19.7. The molecule has 1 aliphatic carbocycles. The molecule has 2 fully saturated rings. The lowest BCUT2D eigenvalue weighted by Crippen LogP contribution is -2.70. The molecule has 3 N–H and O–H groups in total. The number of carbonyl (C=O) groups is 3. The number of hydrogen-bond donors (Lipinski definition) is 3. The van der Waals surface area contributed by atoms with Gasteiger partial charge in [0.2, 0.25) is 11.3 Å². The predicted octanol–water partition coefficient (Wildman–Crippen LogP) is 2.96. The highest BCUT2D eigenvalue weighted by Gasteiger charge is 2.54. The molecule has 1 saturated heterocycles. The van der Waals surface area contributed by atoms with E-state index in [9.17, 15) is 28.7 Å². The highest BCUT2D eigenvalue weighted by Crippen LogP contribution is 2.42.